The molecule has 0 saturated carbocycles. The number of anilines is 2. The Morgan fingerprint density at radius 2 is 1.75 bits per heavy atom. The summed E-state index contributed by atoms with van der Waals surface area (Å²) in [6, 6.07) is 18.7. The number of carbonyl (C=O) groups excluding carboxylic acids is 1. The SMILES string of the molecule is COc1cccc(NS(=O)(=O)c2cc(C(=O)N3CCN(C)CC3)ccc2NCc2ccccc2Cl)c1. The lowest BCUT2D eigenvalue weighted by Gasteiger charge is -2.32. The molecule has 1 aliphatic heterocycles. The summed E-state index contributed by atoms with van der Waals surface area (Å²) in [5.74, 6) is 0.324. The number of sulfonamides is 1. The summed E-state index contributed by atoms with van der Waals surface area (Å²) in [5.41, 5.74) is 1.84. The number of methoxy groups -OCH3 is 1. The fraction of sp³-hybridized carbons (Fsp3) is 0.269. The molecule has 0 atom stereocenters. The Kier molecular flexibility index (Phi) is 8.03. The molecule has 36 heavy (non-hydrogen) atoms. The number of likely N-dealkylation sites (N-methyl/N-ethyl adjacent to an activating group) is 1. The third kappa shape index (κ3) is 6.10. The van der Waals surface area contributed by atoms with Gasteiger partial charge in [0.15, 0.2) is 0 Å². The van der Waals surface area contributed by atoms with E-state index in [-0.39, 0.29) is 10.8 Å². The van der Waals surface area contributed by atoms with Crippen molar-refractivity contribution in [2.24, 2.45) is 0 Å². The largest absolute Gasteiger partial charge is 0.497 e. The predicted octanol–water partition coefficient (Wildman–Crippen LogP) is 4.15. The van der Waals surface area contributed by atoms with Crippen molar-refractivity contribution in [1.29, 1.82) is 0 Å². The number of hydrogen-bond donors (Lipinski definition) is 2. The van der Waals surface area contributed by atoms with Gasteiger partial charge in [-0.2, -0.15) is 0 Å². The zero-order valence-electron chi connectivity index (χ0n) is 20.2. The smallest absolute Gasteiger partial charge is 0.263 e. The maximum atomic E-state index is 13.5. The quantitative estimate of drug-likeness (QED) is 0.456. The summed E-state index contributed by atoms with van der Waals surface area (Å²) >= 11 is 6.28. The standard InChI is InChI=1S/C26H29ClN4O4S/c1-30-12-14-31(15-13-30)26(32)19-10-11-24(28-18-20-6-3-4-9-23(20)27)25(16-19)36(33,34)29-21-7-5-8-22(17-21)35-2/h3-11,16-17,28-29H,12-15,18H2,1-2H3. The maximum absolute atomic E-state index is 13.5. The van der Waals surface area contributed by atoms with E-state index in [0.717, 1.165) is 18.7 Å². The lowest BCUT2D eigenvalue weighted by Crippen LogP contribution is -2.47. The fourth-order valence-electron chi connectivity index (χ4n) is 3.94. The Morgan fingerprint density at radius 1 is 1.00 bits per heavy atom. The molecule has 1 aliphatic rings. The van der Waals surface area contributed by atoms with Crippen molar-refractivity contribution in [3.8, 4) is 5.75 Å². The first-order valence-electron chi connectivity index (χ1n) is 11.5. The topological polar surface area (TPSA) is 91.0 Å². The van der Waals surface area contributed by atoms with Gasteiger partial charge in [-0.1, -0.05) is 35.9 Å². The maximum Gasteiger partial charge on any atom is 0.263 e. The highest BCUT2D eigenvalue weighted by Gasteiger charge is 2.25. The van der Waals surface area contributed by atoms with Crippen molar-refractivity contribution in [1.82, 2.24) is 9.80 Å². The Hall–Kier alpha value is -3.27. The molecule has 3 aromatic carbocycles. The summed E-state index contributed by atoms with van der Waals surface area (Å²) in [6.07, 6.45) is 0. The first kappa shape index (κ1) is 25.8. The van der Waals surface area contributed by atoms with Crippen molar-refractivity contribution in [3.05, 3.63) is 82.9 Å². The van der Waals surface area contributed by atoms with E-state index in [1.54, 1.807) is 47.4 Å². The Labute approximate surface area is 216 Å². The average molecular weight is 529 g/mol. The summed E-state index contributed by atoms with van der Waals surface area (Å²) in [7, 11) is -0.537. The van der Waals surface area contributed by atoms with Crippen LogP contribution in [-0.2, 0) is 16.6 Å². The van der Waals surface area contributed by atoms with Gasteiger partial charge in [0.2, 0.25) is 0 Å². The molecule has 0 aliphatic carbocycles. The van der Waals surface area contributed by atoms with Gasteiger partial charge in [0.05, 0.1) is 18.5 Å². The number of carbonyl (C=O) groups is 1. The third-order valence-corrected chi connectivity index (χ3v) is 7.85. The van der Waals surface area contributed by atoms with E-state index in [4.69, 9.17) is 16.3 Å². The molecule has 4 rings (SSSR count). The first-order chi connectivity index (χ1) is 17.3. The van der Waals surface area contributed by atoms with Gasteiger partial charge < -0.3 is 19.9 Å². The van der Waals surface area contributed by atoms with Crippen LogP contribution >= 0.6 is 11.6 Å². The molecule has 1 amide bonds. The molecule has 2 N–H and O–H groups in total. The van der Waals surface area contributed by atoms with E-state index in [2.05, 4.69) is 14.9 Å². The van der Waals surface area contributed by atoms with Gasteiger partial charge in [0, 0.05) is 49.4 Å². The minimum atomic E-state index is -4.06. The van der Waals surface area contributed by atoms with Crippen LogP contribution in [0, 0.1) is 0 Å². The monoisotopic (exact) mass is 528 g/mol. The predicted molar refractivity (Wildman–Crippen MR) is 142 cm³/mol. The summed E-state index contributed by atoms with van der Waals surface area (Å²) < 4.78 is 34.9. The molecule has 1 heterocycles. The number of nitrogens with one attached hydrogen (secondary N) is 2. The number of benzene rings is 3. The molecular formula is C26H29ClN4O4S. The molecule has 10 heteroatoms. The molecule has 190 valence electrons. The molecule has 1 fully saturated rings. The van der Waals surface area contributed by atoms with Crippen molar-refractivity contribution in [3.63, 3.8) is 0 Å². The van der Waals surface area contributed by atoms with Crippen molar-refractivity contribution >= 4 is 38.9 Å². The minimum absolute atomic E-state index is 0.0302. The zero-order chi connectivity index (χ0) is 25.7. The second-order valence-electron chi connectivity index (χ2n) is 8.59. The van der Waals surface area contributed by atoms with Crippen LogP contribution in [-0.4, -0.2) is 64.5 Å². The van der Waals surface area contributed by atoms with Gasteiger partial charge in [-0.05, 0) is 49.0 Å². The normalized spacial score (nSPS) is 14.4. The van der Waals surface area contributed by atoms with E-state index in [0.29, 0.717) is 47.3 Å². The van der Waals surface area contributed by atoms with Gasteiger partial charge in [0.25, 0.3) is 15.9 Å². The van der Waals surface area contributed by atoms with Crippen LogP contribution in [0.2, 0.25) is 5.02 Å². The number of hydrogen-bond acceptors (Lipinski definition) is 6. The fourth-order valence-corrected chi connectivity index (χ4v) is 5.41. The Morgan fingerprint density at radius 3 is 2.47 bits per heavy atom. The number of halogens is 1. The zero-order valence-corrected chi connectivity index (χ0v) is 21.8. The van der Waals surface area contributed by atoms with Crippen molar-refractivity contribution < 1.29 is 17.9 Å². The Bertz CT molecular complexity index is 1340. The van der Waals surface area contributed by atoms with Gasteiger partial charge in [-0.3, -0.25) is 9.52 Å². The second-order valence-corrected chi connectivity index (χ2v) is 10.6. The Balaban J connectivity index is 1.67. The lowest BCUT2D eigenvalue weighted by molar-refractivity contribution is 0.0664. The van der Waals surface area contributed by atoms with Crippen LogP contribution in [0.3, 0.4) is 0 Å². The molecule has 0 bridgehead atoms. The molecule has 8 nitrogen and oxygen atoms in total. The molecule has 0 spiro atoms. The lowest BCUT2D eigenvalue weighted by atomic mass is 10.1. The molecule has 3 aromatic rings. The number of ether oxygens (including phenoxy) is 1. The van der Waals surface area contributed by atoms with E-state index < -0.39 is 10.0 Å². The average Bonchev–Trinajstić information content (AvgIpc) is 2.88. The molecule has 0 unspecified atom stereocenters. The van der Waals surface area contributed by atoms with Crippen LogP contribution in [0.25, 0.3) is 0 Å². The third-order valence-electron chi connectivity index (χ3n) is 6.06. The molecule has 0 radical (unpaired) electrons. The second kappa shape index (κ2) is 11.2. The van der Waals surface area contributed by atoms with Crippen molar-refractivity contribution in [2.45, 2.75) is 11.4 Å². The van der Waals surface area contributed by atoms with Gasteiger partial charge in [-0.15, -0.1) is 0 Å². The molecular weight excluding hydrogens is 500 g/mol. The molecule has 0 aromatic heterocycles. The minimum Gasteiger partial charge on any atom is -0.497 e. The van der Waals surface area contributed by atoms with E-state index in [1.807, 2.05) is 25.2 Å². The van der Waals surface area contributed by atoms with Crippen LogP contribution in [0.1, 0.15) is 15.9 Å². The number of nitrogens with zero attached hydrogens (tertiary/aromatic N) is 2. The summed E-state index contributed by atoms with van der Waals surface area (Å²) in [4.78, 5) is 17.1. The van der Waals surface area contributed by atoms with Gasteiger partial charge >= 0.3 is 0 Å². The van der Waals surface area contributed by atoms with Crippen LogP contribution in [0.4, 0.5) is 11.4 Å². The number of amides is 1. The van der Waals surface area contributed by atoms with E-state index >= 15 is 0 Å². The van der Waals surface area contributed by atoms with E-state index in [1.165, 1.54) is 13.2 Å². The van der Waals surface area contributed by atoms with E-state index in [9.17, 15) is 13.2 Å². The van der Waals surface area contributed by atoms with Gasteiger partial charge in [-0.25, -0.2) is 8.42 Å². The summed E-state index contributed by atoms with van der Waals surface area (Å²) in [5, 5.41) is 3.75. The summed E-state index contributed by atoms with van der Waals surface area (Å²) in [6.45, 7) is 3.03. The van der Waals surface area contributed by atoms with Crippen LogP contribution in [0.5, 0.6) is 5.75 Å². The number of rotatable bonds is 8. The van der Waals surface area contributed by atoms with Crippen LogP contribution in [0.15, 0.2) is 71.6 Å². The number of piperazine rings is 1. The molecule has 1 saturated heterocycles. The van der Waals surface area contributed by atoms with Gasteiger partial charge in [0.1, 0.15) is 10.6 Å². The highest BCUT2D eigenvalue weighted by atomic mass is 35.5. The highest BCUT2D eigenvalue weighted by Crippen LogP contribution is 2.28. The van der Waals surface area contributed by atoms with Crippen LogP contribution < -0.4 is 14.8 Å². The first-order valence-corrected chi connectivity index (χ1v) is 13.4. The highest BCUT2D eigenvalue weighted by molar-refractivity contribution is 7.92. The van der Waals surface area contributed by atoms with Crippen molar-refractivity contribution in [2.75, 3.05) is 50.4 Å².